The standard InChI is InChI=1S/4C9H7.2BrH.2Ti/c4*1-2-5-9-7-3-6-8(9)4-1;;;;/h4*1-7H;2*1H;;/q4*-1;;;2*+2/p-2. The van der Waals surface area contributed by atoms with Gasteiger partial charge in [0.25, 0.3) is 0 Å². The van der Waals surface area contributed by atoms with Gasteiger partial charge in [0, 0.05) is 0 Å². The average Bonchev–Trinajstić information content (AvgIpc) is 3.76. The Hall–Kier alpha value is -2.29. The summed E-state index contributed by atoms with van der Waals surface area (Å²) in [6, 6.07) is 58.7. The normalized spacial score (nSPS) is 9.20. The van der Waals surface area contributed by atoms with Crippen molar-refractivity contribution in [1.82, 2.24) is 0 Å². The first-order valence-corrected chi connectivity index (χ1v) is 12.3. The fourth-order valence-electron chi connectivity index (χ4n) is 4.28. The molecular weight excluding hydrogens is 688 g/mol. The summed E-state index contributed by atoms with van der Waals surface area (Å²) in [4.78, 5) is 0. The van der Waals surface area contributed by atoms with E-state index in [9.17, 15) is 0 Å². The van der Waals surface area contributed by atoms with Gasteiger partial charge in [0.2, 0.25) is 0 Å². The van der Waals surface area contributed by atoms with E-state index < -0.39 is 0 Å². The van der Waals surface area contributed by atoms with Crippen LogP contribution in [-0.4, -0.2) is 0 Å². The third-order valence-corrected chi connectivity index (χ3v) is 6.19. The van der Waals surface area contributed by atoms with Crippen LogP contribution in [0.25, 0.3) is 43.1 Å². The first-order chi connectivity index (χ1) is 17.9. The van der Waals surface area contributed by atoms with Crippen LogP contribution in [0.3, 0.4) is 0 Å². The first-order valence-electron chi connectivity index (χ1n) is 12.3. The van der Waals surface area contributed by atoms with Crippen LogP contribution < -0.4 is 34.0 Å². The second-order valence-electron chi connectivity index (χ2n) is 8.62. The zero-order valence-electron chi connectivity index (χ0n) is 21.9. The number of fused-ring (bicyclic) bond motifs is 4. The molecule has 0 saturated heterocycles. The average molecular weight is 716 g/mol. The van der Waals surface area contributed by atoms with Crippen LogP contribution in [0, 0.1) is 0 Å². The summed E-state index contributed by atoms with van der Waals surface area (Å²) in [5.41, 5.74) is 0. The van der Waals surface area contributed by atoms with Gasteiger partial charge in [0.15, 0.2) is 0 Å². The summed E-state index contributed by atoms with van der Waals surface area (Å²) in [6.07, 6.45) is 0. The van der Waals surface area contributed by atoms with Crippen molar-refractivity contribution in [1.29, 1.82) is 0 Å². The van der Waals surface area contributed by atoms with E-state index in [1.807, 2.05) is 0 Å². The van der Waals surface area contributed by atoms with E-state index in [2.05, 4.69) is 170 Å². The third kappa shape index (κ3) is 9.96. The van der Waals surface area contributed by atoms with Crippen molar-refractivity contribution in [2.24, 2.45) is 0 Å². The topological polar surface area (TPSA) is 0 Å². The van der Waals surface area contributed by atoms with Crippen molar-refractivity contribution >= 4 is 43.1 Å². The van der Waals surface area contributed by atoms with E-state index in [0.717, 1.165) is 0 Å². The Morgan fingerprint density at radius 3 is 0.675 bits per heavy atom. The number of benzene rings is 4. The van der Waals surface area contributed by atoms with E-state index in [4.69, 9.17) is 0 Å². The molecule has 8 rings (SSSR count). The van der Waals surface area contributed by atoms with Crippen molar-refractivity contribution < 1.29 is 77.4 Å². The smallest absolute Gasteiger partial charge is 1.00 e. The number of hydrogen-bond acceptors (Lipinski definition) is 0. The maximum Gasteiger partial charge on any atom is 2.00 e. The van der Waals surface area contributed by atoms with Gasteiger partial charge in [-0.2, -0.15) is 70.1 Å². The molecular formula is C36H28Br2Ti2-2. The van der Waals surface area contributed by atoms with Crippen molar-refractivity contribution in [2.45, 2.75) is 0 Å². The fourth-order valence-corrected chi connectivity index (χ4v) is 4.28. The Kier molecular flexibility index (Phi) is 16.9. The van der Waals surface area contributed by atoms with Gasteiger partial charge in [-0.05, 0) is 0 Å². The first kappa shape index (κ1) is 35.7. The monoisotopic (exact) mass is 714 g/mol. The molecule has 0 heterocycles. The molecule has 0 aliphatic rings. The predicted octanol–water partition coefficient (Wildman–Crippen LogP) is 4.24. The van der Waals surface area contributed by atoms with E-state index in [0.29, 0.717) is 0 Å². The van der Waals surface area contributed by atoms with E-state index >= 15 is 0 Å². The molecule has 0 fully saturated rings. The Bertz CT molecular complexity index is 1380. The molecule has 0 N–H and O–H groups in total. The Balaban J connectivity index is 0.000000258. The molecule has 0 atom stereocenters. The second kappa shape index (κ2) is 18.9. The summed E-state index contributed by atoms with van der Waals surface area (Å²) >= 11 is 0. The van der Waals surface area contributed by atoms with Gasteiger partial charge in [-0.25, -0.2) is 0 Å². The molecule has 0 radical (unpaired) electrons. The molecule has 4 heteroatoms. The Labute approximate surface area is 287 Å². The quantitative estimate of drug-likeness (QED) is 0.163. The van der Waals surface area contributed by atoms with Gasteiger partial charge >= 0.3 is 43.4 Å². The molecule has 0 aliphatic carbocycles. The van der Waals surface area contributed by atoms with Gasteiger partial charge in [0.1, 0.15) is 0 Å². The summed E-state index contributed by atoms with van der Waals surface area (Å²) in [6.45, 7) is 0. The minimum absolute atomic E-state index is 0. The van der Waals surface area contributed by atoms with Gasteiger partial charge < -0.3 is 34.0 Å². The SMILES string of the molecule is [Br-].[Br-].[Ti+2].[Ti+2].c1ccc2[cH-]ccc2c1.c1ccc2[cH-]ccc2c1.c1ccc2[cH-]ccc2c1.c1ccc2[cH-]ccc2c1. The van der Waals surface area contributed by atoms with Crippen LogP contribution >= 0.6 is 0 Å². The largest absolute Gasteiger partial charge is 2.00 e. The summed E-state index contributed by atoms with van der Waals surface area (Å²) in [5.74, 6) is 0. The number of hydrogen-bond donors (Lipinski definition) is 0. The maximum absolute atomic E-state index is 2.12. The van der Waals surface area contributed by atoms with Gasteiger partial charge in [-0.15, -0.1) is 119 Å². The van der Waals surface area contributed by atoms with Crippen LogP contribution in [0.1, 0.15) is 0 Å². The van der Waals surface area contributed by atoms with Crippen LogP contribution in [-0.2, 0) is 43.4 Å². The van der Waals surface area contributed by atoms with E-state index in [1.165, 1.54) is 43.1 Å². The van der Waals surface area contributed by atoms with Crippen LogP contribution in [0.5, 0.6) is 0 Å². The molecule has 196 valence electrons. The Morgan fingerprint density at radius 2 is 0.475 bits per heavy atom. The summed E-state index contributed by atoms with van der Waals surface area (Å²) in [7, 11) is 0. The van der Waals surface area contributed by atoms with Crippen molar-refractivity contribution in [3.05, 3.63) is 170 Å². The third-order valence-electron chi connectivity index (χ3n) is 6.19. The van der Waals surface area contributed by atoms with E-state index in [-0.39, 0.29) is 77.4 Å². The fraction of sp³-hybridized carbons (Fsp3) is 0. The molecule has 40 heavy (non-hydrogen) atoms. The molecule has 0 nitrogen and oxygen atoms in total. The van der Waals surface area contributed by atoms with Crippen molar-refractivity contribution in [2.75, 3.05) is 0 Å². The molecule has 8 aromatic rings. The van der Waals surface area contributed by atoms with Crippen molar-refractivity contribution in [3.8, 4) is 0 Å². The zero-order chi connectivity index (χ0) is 24.4. The van der Waals surface area contributed by atoms with Crippen LogP contribution in [0.2, 0.25) is 0 Å². The van der Waals surface area contributed by atoms with Crippen LogP contribution in [0.4, 0.5) is 0 Å². The molecule has 0 aromatic heterocycles. The zero-order valence-corrected chi connectivity index (χ0v) is 28.2. The maximum atomic E-state index is 2.12. The molecule has 0 saturated carbocycles. The van der Waals surface area contributed by atoms with Crippen LogP contribution in [0.15, 0.2) is 170 Å². The van der Waals surface area contributed by atoms with Gasteiger partial charge in [-0.3, -0.25) is 0 Å². The number of rotatable bonds is 0. The molecule has 0 amide bonds. The minimum Gasteiger partial charge on any atom is -1.00 e. The second-order valence-corrected chi connectivity index (χ2v) is 8.62. The predicted molar refractivity (Wildman–Crippen MR) is 158 cm³/mol. The summed E-state index contributed by atoms with van der Waals surface area (Å²) in [5, 5.41) is 10.6. The molecule has 0 bridgehead atoms. The molecule has 0 aliphatic heterocycles. The molecule has 0 unspecified atom stereocenters. The summed E-state index contributed by atoms with van der Waals surface area (Å²) < 4.78 is 0. The number of halogens is 2. The molecule has 8 aromatic carbocycles. The van der Waals surface area contributed by atoms with E-state index in [1.54, 1.807) is 0 Å². The van der Waals surface area contributed by atoms with Crippen molar-refractivity contribution in [3.63, 3.8) is 0 Å². The minimum atomic E-state index is 0. The Morgan fingerprint density at radius 1 is 0.275 bits per heavy atom. The van der Waals surface area contributed by atoms with Gasteiger partial charge in [-0.1, -0.05) is 24.3 Å². The molecule has 0 spiro atoms. The van der Waals surface area contributed by atoms with Gasteiger partial charge in [0.05, 0.1) is 0 Å².